The third-order valence-corrected chi connectivity index (χ3v) is 2.64. The van der Waals surface area contributed by atoms with Gasteiger partial charge in [-0.25, -0.2) is 9.78 Å². The molecule has 5 nitrogen and oxygen atoms in total. The molecule has 16 heavy (non-hydrogen) atoms. The third-order valence-electron chi connectivity index (χ3n) is 2.64. The van der Waals surface area contributed by atoms with Crippen LogP contribution in [0.1, 0.15) is 30.3 Å². The molecule has 1 aromatic rings. The van der Waals surface area contributed by atoms with E-state index in [9.17, 15) is 4.79 Å². The maximum absolute atomic E-state index is 11.3. The molecule has 0 N–H and O–H groups in total. The standard InChI is InChI=1S/C11H15N3O2/c1-3-14(8-4-5-8)10-7-12-6-9(13-10)11(15)16-2/h6-8H,3-5H2,1-2H3. The van der Waals surface area contributed by atoms with Crippen LogP contribution in [0.15, 0.2) is 12.4 Å². The zero-order chi connectivity index (χ0) is 11.5. The predicted molar refractivity (Wildman–Crippen MR) is 59.4 cm³/mol. The quantitative estimate of drug-likeness (QED) is 0.716. The maximum atomic E-state index is 11.3. The Balaban J connectivity index is 2.23. The molecule has 86 valence electrons. The van der Waals surface area contributed by atoms with Crippen LogP contribution in [0.25, 0.3) is 0 Å². The number of carbonyl (C=O) groups excluding carboxylic acids is 1. The number of hydrogen-bond acceptors (Lipinski definition) is 5. The van der Waals surface area contributed by atoms with Crippen molar-refractivity contribution in [3.8, 4) is 0 Å². The molecule has 0 amide bonds. The second-order valence-corrected chi connectivity index (χ2v) is 3.77. The van der Waals surface area contributed by atoms with Gasteiger partial charge in [0.2, 0.25) is 0 Å². The van der Waals surface area contributed by atoms with Gasteiger partial charge in [0.15, 0.2) is 5.69 Å². The van der Waals surface area contributed by atoms with Crippen LogP contribution in [0.4, 0.5) is 5.82 Å². The van der Waals surface area contributed by atoms with Crippen LogP contribution in [0.5, 0.6) is 0 Å². The molecule has 0 saturated heterocycles. The van der Waals surface area contributed by atoms with Crippen LogP contribution in [0, 0.1) is 0 Å². The summed E-state index contributed by atoms with van der Waals surface area (Å²) >= 11 is 0. The van der Waals surface area contributed by atoms with Gasteiger partial charge in [0.25, 0.3) is 0 Å². The Bertz CT molecular complexity index is 391. The summed E-state index contributed by atoms with van der Waals surface area (Å²) in [6.45, 7) is 2.95. The lowest BCUT2D eigenvalue weighted by Gasteiger charge is -2.21. The fourth-order valence-corrected chi connectivity index (χ4v) is 1.69. The molecule has 0 aliphatic heterocycles. The van der Waals surface area contributed by atoms with Gasteiger partial charge in [0.05, 0.1) is 19.5 Å². The lowest BCUT2D eigenvalue weighted by Crippen LogP contribution is -2.26. The minimum absolute atomic E-state index is 0.263. The monoisotopic (exact) mass is 221 g/mol. The van der Waals surface area contributed by atoms with Crippen LogP contribution in [0.2, 0.25) is 0 Å². The van der Waals surface area contributed by atoms with Gasteiger partial charge in [-0.2, -0.15) is 0 Å². The molecule has 1 fully saturated rings. The molecule has 1 aliphatic carbocycles. The lowest BCUT2D eigenvalue weighted by molar-refractivity contribution is 0.0593. The van der Waals surface area contributed by atoms with Crippen LogP contribution < -0.4 is 4.90 Å². The number of aromatic nitrogens is 2. The Morgan fingerprint density at radius 3 is 2.88 bits per heavy atom. The Morgan fingerprint density at radius 2 is 2.31 bits per heavy atom. The van der Waals surface area contributed by atoms with Crippen LogP contribution in [0.3, 0.4) is 0 Å². The molecule has 0 atom stereocenters. The van der Waals surface area contributed by atoms with Crippen LogP contribution in [-0.2, 0) is 4.74 Å². The van der Waals surface area contributed by atoms with Crippen molar-refractivity contribution in [2.45, 2.75) is 25.8 Å². The van der Waals surface area contributed by atoms with E-state index in [2.05, 4.69) is 26.5 Å². The van der Waals surface area contributed by atoms with E-state index in [1.165, 1.54) is 26.1 Å². The van der Waals surface area contributed by atoms with E-state index < -0.39 is 5.97 Å². The third kappa shape index (κ3) is 2.13. The number of carbonyl (C=O) groups is 1. The van der Waals surface area contributed by atoms with E-state index in [1.54, 1.807) is 6.20 Å². The highest BCUT2D eigenvalue weighted by Gasteiger charge is 2.29. The van der Waals surface area contributed by atoms with Crippen molar-refractivity contribution in [3.05, 3.63) is 18.1 Å². The molecule has 0 bridgehead atoms. The van der Waals surface area contributed by atoms with Gasteiger partial charge in [-0.05, 0) is 19.8 Å². The topological polar surface area (TPSA) is 55.3 Å². The fraction of sp³-hybridized carbons (Fsp3) is 0.545. The first-order chi connectivity index (χ1) is 7.76. The summed E-state index contributed by atoms with van der Waals surface area (Å²) in [5, 5.41) is 0. The van der Waals surface area contributed by atoms with Crippen molar-refractivity contribution >= 4 is 11.8 Å². The average molecular weight is 221 g/mol. The highest BCUT2D eigenvalue weighted by Crippen LogP contribution is 2.29. The largest absolute Gasteiger partial charge is 0.464 e. The first kappa shape index (κ1) is 10.9. The van der Waals surface area contributed by atoms with Crippen molar-refractivity contribution < 1.29 is 9.53 Å². The fourth-order valence-electron chi connectivity index (χ4n) is 1.69. The van der Waals surface area contributed by atoms with Crippen LogP contribution >= 0.6 is 0 Å². The molecule has 5 heteroatoms. The smallest absolute Gasteiger partial charge is 0.358 e. The minimum Gasteiger partial charge on any atom is -0.464 e. The molecular weight excluding hydrogens is 206 g/mol. The van der Waals surface area contributed by atoms with E-state index in [-0.39, 0.29) is 5.69 Å². The number of esters is 1. The number of methoxy groups -OCH3 is 1. The molecule has 0 aromatic carbocycles. The zero-order valence-electron chi connectivity index (χ0n) is 9.51. The van der Waals surface area contributed by atoms with E-state index in [0.29, 0.717) is 6.04 Å². The number of rotatable bonds is 4. The zero-order valence-corrected chi connectivity index (χ0v) is 9.51. The summed E-state index contributed by atoms with van der Waals surface area (Å²) in [6, 6.07) is 0.562. The van der Waals surface area contributed by atoms with Crippen molar-refractivity contribution in [2.24, 2.45) is 0 Å². The van der Waals surface area contributed by atoms with Gasteiger partial charge in [-0.3, -0.25) is 4.98 Å². The van der Waals surface area contributed by atoms with E-state index in [1.807, 2.05) is 0 Å². The van der Waals surface area contributed by atoms with Gasteiger partial charge < -0.3 is 9.64 Å². The van der Waals surface area contributed by atoms with Gasteiger partial charge in [0, 0.05) is 12.6 Å². The Labute approximate surface area is 94.5 Å². The summed E-state index contributed by atoms with van der Waals surface area (Å²) in [5.74, 6) is 0.314. The number of hydrogen-bond donors (Lipinski definition) is 0. The summed E-state index contributed by atoms with van der Waals surface area (Å²) in [6.07, 6.45) is 5.50. The van der Waals surface area contributed by atoms with Crippen molar-refractivity contribution in [1.29, 1.82) is 0 Å². The van der Waals surface area contributed by atoms with Gasteiger partial charge in [-0.1, -0.05) is 0 Å². The summed E-state index contributed by atoms with van der Waals surface area (Å²) in [5.41, 5.74) is 0.263. The normalized spacial score (nSPS) is 14.6. The summed E-state index contributed by atoms with van der Waals surface area (Å²) < 4.78 is 4.62. The lowest BCUT2D eigenvalue weighted by atomic mass is 10.4. The molecule has 1 saturated carbocycles. The maximum Gasteiger partial charge on any atom is 0.358 e. The first-order valence-corrected chi connectivity index (χ1v) is 5.43. The van der Waals surface area contributed by atoms with Gasteiger partial charge in [0.1, 0.15) is 5.82 Å². The summed E-state index contributed by atoms with van der Waals surface area (Å²) in [4.78, 5) is 21.8. The minimum atomic E-state index is -0.443. The Kier molecular flexibility index (Phi) is 3.03. The van der Waals surface area contributed by atoms with Crippen molar-refractivity contribution in [2.75, 3.05) is 18.6 Å². The SMILES string of the molecule is CCN(c1cncc(C(=O)OC)n1)C1CC1. The second-order valence-electron chi connectivity index (χ2n) is 3.77. The average Bonchev–Trinajstić information content (AvgIpc) is 3.14. The Morgan fingerprint density at radius 1 is 1.56 bits per heavy atom. The highest BCUT2D eigenvalue weighted by atomic mass is 16.5. The highest BCUT2D eigenvalue weighted by molar-refractivity contribution is 5.87. The molecular formula is C11H15N3O2. The number of ether oxygens (including phenoxy) is 1. The van der Waals surface area contributed by atoms with Crippen molar-refractivity contribution in [3.63, 3.8) is 0 Å². The van der Waals surface area contributed by atoms with E-state index in [0.717, 1.165) is 12.4 Å². The molecule has 1 aromatic heterocycles. The van der Waals surface area contributed by atoms with Crippen molar-refractivity contribution in [1.82, 2.24) is 9.97 Å². The van der Waals surface area contributed by atoms with Gasteiger partial charge in [-0.15, -0.1) is 0 Å². The summed E-state index contributed by atoms with van der Waals surface area (Å²) in [7, 11) is 1.34. The molecule has 0 spiro atoms. The molecule has 1 heterocycles. The number of nitrogens with zero attached hydrogens (tertiary/aromatic N) is 3. The van der Waals surface area contributed by atoms with Crippen LogP contribution in [-0.4, -0.2) is 35.6 Å². The molecule has 2 rings (SSSR count). The van der Waals surface area contributed by atoms with E-state index >= 15 is 0 Å². The molecule has 1 aliphatic rings. The first-order valence-electron chi connectivity index (χ1n) is 5.43. The molecule has 0 radical (unpaired) electrons. The predicted octanol–water partition coefficient (Wildman–Crippen LogP) is 1.25. The second kappa shape index (κ2) is 4.47. The Hall–Kier alpha value is -1.65. The molecule has 0 unspecified atom stereocenters. The van der Waals surface area contributed by atoms with E-state index in [4.69, 9.17) is 0 Å². The number of anilines is 1. The van der Waals surface area contributed by atoms with Gasteiger partial charge >= 0.3 is 5.97 Å².